The van der Waals surface area contributed by atoms with Crippen LogP contribution in [0.1, 0.15) is 26.2 Å². The molecule has 1 atom stereocenters. The van der Waals surface area contributed by atoms with Gasteiger partial charge in [0, 0.05) is 18.5 Å². The highest BCUT2D eigenvalue weighted by Gasteiger charge is 2.21. The van der Waals surface area contributed by atoms with Gasteiger partial charge in [-0.15, -0.1) is 0 Å². The molecule has 1 unspecified atom stereocenters. The van der Waals surface area contributed by atoms with Crippen LogP contribution in [-0.2, 0) is 4.79 Å². The van der Waals surface area contributed by atoms with Crippen LogP contribution in [0.15, 0.2) is 0 Å². The van der Waals surface area contributed by atoms with Gasteiger partial charge in [0.05, 0.1) is 0 Å². The second kappa shape index (κ2) is 4.45. The first-order valence-corrected chi connectivity index (χ1v) is 4.69. The molecule has 2 N–H and O–H groups in total. The van der Waals surface area contributed by atoms with E-state index in [-0.39, 0.29) is 11.8 Å². The van der Waals surface area contributed by atoms with Gasteiger partial charge in [-0.25, -0.2) is 0 Å². The molecule has 0 aromatic rings. The van der Waals surface area contributed by atoms with Crippen molar-refractivity contribution >= 4 is 5.91 Å². The van der Waals surface area contributed by atoms with Crippen LogP contribution in [-0.4, -0.2) is 25.5 Å². The summed E-state index contributed by atoms with van der Waals surface area (Å²) >= 11 is 0. The number of hydrogen-bond donors (Lipinski definition) is 2. The van der Waals surface area contributed by atoms with Crippen molar-refractivity contribution in [3.05, 3.63) is 0 Å². The number of amides is 1. The van der Waals surface area contributed by atoms with Gasteiger partial charge in [0.15, 0.2) is 0 Å². The summed E-state index contributed by atoms with van der Waals surface area (Å²) in [5, 5.41) is 6.02. The van der Waals surface area contributed by atoms with Crippen molar-refractivity contribution in [1.82, 2.24) is 10.6 Å². The van der Waals surface area contributed by atoms with Crippen LogP contribution in [0, 0.1) is 5.92 Å². The molecule has 1 saturated carbocycles. The molecule has 1 rings (SSSR count). The predicted molar refractivity (Wildman–Crippen MR) is 48.9 cm³/mol. The van der Waals surface area contributed by atoms with E-state index in [1.807, 2.05) is 14.0 Å². The molecule has 0 aromatic heterocycles. The minimum atomic E-state index is 0.0931. The summed E-state index contributed by atoms with van der Waals surface area (Å²) < 4.78 is 0. The van der Waals surface area contributed by atoms with E-state index in [1.165, 1.54) is 6.42 Å². The van der Waals surface area contributed by atoms with Crippen molar-refractivity contribution in [3.8, 4) is 0 Å². The number of hydrogen-bond acceptors (Lipinski definition) is 2. The van der Waals surface area contributed by atoms with Crippen molar-refractivity contribution in [2.75, 3.05) is 13.6 Å². The van der Waals surface area contributed by atoms with Gasteiger partial charge in [0.1, 0.15) is 0 Å². The molecule has 1 fully saturated rings. The second-order valence-corrected chi connectivity index (χ2v) is 3.60. The third-order valence-corrected chi connectivity index (χ3v) is 2.41. The molecule has 70 valence electrons. The summed E-state index contributed by atoms with van der Waals surface area (Å²) in [7, 11) is 1.87. The summed E-state index contributed by atoms with van der Waals surface area (Å²) in [6.07, 6.45) is 3.60. The van der Waals surface area contributed by atoms with E-state index < -0.39 is 0 Å². The van der Waals surface area contributed by atoms with Gasteiger partial charge in [-0.3, -0.25) is 4.79 Å². The number of carbonyl (C=O) groups excluding carboxylic acids is 1. The average Bonchev–Trinajstić information content (AvgIpc) is 1.97. The van der Waals surface area contributed by atoms with Crippen molar-refractivity contribution in [2.24, 2.45) is 5.92 Å². The third kappa shape index (κ3) is 2.48. The highest BCUT2D eigenvalue weighted by atomic mass is 16.1. The molecule has 3 heteroatoms. The molecule has 0 spiro atoms. The van der Waals surface area contributed by atoms with Crippen LogP contribution < -0.4 is 10.6 Å². The minimum Gasteiger partial charge on any atom is -0.353 e. The first-order valence-electron chi connectivity index (χ1n) is 4.69. The van der Waals surface area contributed by atoms with Crippen LogP contribution in [0.4, 0.5) is 0 Å². The smallest absolute Gasteiger partial charge is 0.224 e. The average molecular weight is 170 g/mol. The molecular weight excluding hydrogens is 152 g/mol. The maximum atomic E-state index is 11.4. The zero-order chi connectivity index (χ0) is 8.97. The Kier molecular flexibility index (Phi) is 3.53. The predicted octanol–water partition coefficient (Wildman–Crippen LogP) is 0.511. The molecule has 0 heterocycles. The van der Waals surface area contributed by atoms with E-state index in [4.69, 9.17) is 0 Å². The Balaban J connectivity index is 2.16. The third-order valence-electron chi connectivity index (χ3n) is 2.41. The highest BCUT2D eigenvalue weighted by Crippen LogP contribution is 2.18. The van der Waals surface area contributed by atoms with Gasteiger partial charge < -0.3 is 10.6 Å². The molecule has 3 nitrogen and oxygen atoms in total. The summed E-state index contributed by atoms with van der Waals surface area (Å²) in [5.74, 6) is 0.282. The first-order chi connectivity index (χ1) is 5.74. The van der Waals surface area contributed by atoms with Crippen LogP contribution >= 0.6 is 0 Å². The Morgan fingerprint density at radius 1 is 1.58 bits per heavy atom. The molecule has 0 aromatic carbocycles. The Labute approximate surface area is 73.9 Å². The molecule has 0 saturated heterocycles. The molecule has 0 radical (unpaired) electrons. The van der Waals surface area contributed by atoms with E-state index in [0.717, 1.165) is 19.4 Å². The lowest BCUT2D eigenvalue weighted by atomic mass is 9.92. The first kappa shape index (κ1) is 9.52. The Morgan fingerprint density at radius 3 is 2.67 bits per heavy atom. The highest BCUT2D eigenvalue weighted by molar-refractivity contribution is 5.78. The van der Waals surface area contributed by atoms with Gasteiger partial charge in [0.2, 0.25) is 5.91 Å². The summed E-state index contributed by atoms with van der Waals surface area (Å²) in [6.45, 7) is 2.71. The molecule has 12 heavy (non-hydrogen) atoms. The summed E-state index contributed by atoms with van der Waals surface area (Å²) in [5.41, 5.74) is 0. The Hall–Kier alpha value is -0.570. The minimum absolute atomic E-state index is 0.0931. The van der Waals surface area contributed by atoms with E-state index in [0.29, 0.717) is 6.04 Å². The topological polar surface area (TPSA) is 41.1 Å². The van der Waals surface area contributed by atoms with E-state index in [9.17, 15) is 4.79 Å². The molecule has 0 aliphatic heterocycles. The maximum absolute atomic E-state index is 11.4. The number of nitrogens with one attached hydrogen (secondary N) is 2. The van der Waals surface area contributed by atoms with Crippen LogP contribution in [0.2, 0.25) is 0 Å². The Bertz CT molecular complexity index is 155. The van der Waals surface area contributed by atoms with Gasteiger partial charge >= 0.3 is 0 Å². The van der Waals surface area contributed by atoms with Crippen LogP contribution in [0.25, 0.3) is 0 Å². The quantitative estimate of drug-likeness (QED) is 0.645. The maximum Gasteiger partial charge on any atom is 0.224 e. The molecule has 0 bridgehead atoms. The van der Waals surface area contributed by atoms with Gasteiger partial charge in [-0.1, -0.05) is 6.92 Å². The summed E-state index contributed by atoms with van der Waals surface area (Å²) in [4.78, 5) is 11.4. The largest absolute Gasteiger partial charge is 0.353 e. The van der Waals surface area contributed by atoms with Crippen molar-refractivity contribution < 1.29 is 4.79 Å². The van der Waals surface area contributed by atoms with Crippen molar-refractivity contribution in [2.45, 2.75) is 32.2 Å². The van der Waals surface area contributed by atoms with E-state index in [2.05, 4.69) is 10.6 Å². The Morgan fingerprint density at radius 2 is 2.25 bits per heavy atom. The van der Waals surface area contributed by atoms with E-state index in [1.54, 1.807) is 0 Å². The fourth-order valence-corrected chi connectivity index (χ4v) is 1.29. The molecule has 1 amide bonds. The zero-order valence-corrected chi connectivity index (χ0v) is 7.89. The van der Waals surface area contributed by atoms with Crippen LogP contribution in [0.3, 0.4) is 0 Å². The zero-order valence-electron chi connectivity index (χ0n) is 7.89. The number of carbonyl (C=O) groups is 1. The normalized spacial score (nSPS) is 19.8. The van der Waals surface area contributed by atoms with E-state index >= 15 is 0 Å². The van der Waals surface area contributed by atoms with Gasteiger partial charge in [-0.2, -0.15) is 0 Å². The SMILES string of the molecule is CNCC(C)C(=O)NC1CCC1. The fraction of sp³-hybridized carbons (Fsp3) is 0.889. The lowest BCUT2D eigenvalue weighted by molar-refractivity contribution is -0.125. The van der Waals surface area contributed by atoms with Crippen LogP contribution in [0.5, 0.6) is 0 Å². The fourth-order valence-electron chi connectivity index (χ4n) is 1.29. The number of rotatable bonds is 4. The second-order valence-electron chi connectivity index (χ2n) is 3.60. The van der Waals surface area contributed by atoms with Gasteiger partial charge in [0.25, 0.3) is 0 Å². The molecular formula is C9H18N2O. The van der Waals surface area contributed by atoms with Crippen molar-refractivity contribution in [1.29, 1.82) is 0 Å². The monoisotopic (exact) mass is 170 g/mol. The lowest BCUT2D eigenvalue weighted by Gasteiger charge is -2.27. The lowest BCUT2D eigenvalue weighted by Crippen LogP contribution is -2.43. The van der Waals surface area contributed by atoms with Gasteiger partial charge in [-0.05, 0) is 26.3 Å². The summed E-state index contributed by atoms with van der Waals surface area (Å²) in [6, 6.07) is 0.469. The molecule has 1 aliphatic rings. The standard InChI is InChI=1S/C9H18N2O/c1-7(6-10-2)9(12)11-8-4-3-5-8/h7-8,10H,3-6H2,1-2H3,(H,11,12). The van der Waals surface area contributed by atoms with Crippen molar-refractivity contribution in [3.63, 3.8) is 0 Å². The molecule has 1 aliphatic carbocycles.